The molecule has 0 aromatic heterocycles. The number of hydrogen-bond donors (Lipinski definition) is 2. The zero-order valence-corrected chi connectivity index (χ0v) is 14.6. The molecule has 1 aliphatic heterocycles. The van der Waals surface area contributed by atoms with E-state index in [4.69, 9.17) is 4.74 Å². The quantitative estimate of drug-likeness (QED) is 0.810. The van der Waals surface area contributed by atoms with Crippen molar-refractivity contribution < 1.29 is 9.53 Å². The minimum absolute atomic E-state index is 0.0835. The Kier molecular flexibility index (Phi) is 5.64. The molecule has 0 saturated heterocycles. The average Bonchev–Trinajstić information content (AvgIpc) is 2.59. The molecule has 0 fully saturated rings. The molecule has 1 atom stereocenters. The molecule has 0 unspecified atom stereocenters. The van der Waals surface area contributed by atoms with Gasteiger partial charge in [0.25, 0.3) is 0 Å². The Bertz CT molecular complexity index is 705. The van der Waals surface area contributed by atoms with Gasteiger partial charge in [0.1, 0.15) is 12.4 Å². The Morgan fingerprint density at radius 3 is 3.00 bits per heavy atom. The second-order valence-corrected chi connectivity index (χ2v) is 6.93. The van der Waals surface area contributed by atoms with Gasteiger partial charge in [0, 0.05) is 10.6 Å². The molecular weight excluding hydrogens is 320 g/mol. The lowest BCUT2D eigenvalue weighted by Crippen LogP contribution is -2.40. The standard InChI is InChI=1S/C19H22N2O2S/c1-14-5-4-6-15(13-14)23-11-10-20-19(22)21-17-9-12-24-18-8-3-2-7-16(17)18/h2-8,13,17H,9-12H2,1H3,(H2,20,21,22)/t17-/m0/s1. The molecule has 2 aromatic carbocycles. The van der Waals surface area contributed by atoms with Crippen LogP contribution in [0.2, 0.25) is 0 Å². The van der Waals surface area contributed by atoms with Gasteiger partial charge in [-0.1, -0.05) is 30.3 Å². The number of carbonyl (C=O) groups excluding carboxylic acids is 1. The zero-order valence-electron chi connectivity index (χ0n) is 13.7. The van der Waals surface area contributed by atoms with Gasteiger partial charge in [-0.25, -0.2) is 4.79 Å². The van der Waals surface area contributed by atoms with Crippen LogP contribution >= 0.6 is 11.8 Å². The van der Waals surface area contributed by atoms with Crippen LogP contribution in [0, 0.1) is 6.92 Å². The molecule has 2 aromatic rings. The topological polar surface area (TPSA) is 50.4 Å². The Morgan fingerprint density at radius 2 is 2.12 bits per heavy atom. The van der Waals surface area contributed by atoms with Crippen LogP contribution in [0.15, 0.2) is 53.4 Å². The van der Waals surface area contributed by atoms with Crippen LogP contribution in [0.25, 0.3) is 0 Å². The summed E-state index contributed by atoms with van der Waals surface area (Å²) in [6.07, 6.45) is 0.953. The summed E-state index contributed by atoms with van der Waals surface area (Å²) in [5.41, 5.74) is 2.37. The smallest absolute Gasteiger partial charge is 0.315 e. The fraction of sp³-hybridized carbons (Fsp3) is 0.316. The van der Waals surface area contributed by atoms with Crippen LogP contribution in [0.3, 0.4) is 0 Å². The maximum absolute atomic E-state index is 12.1. The van der Waals surface area contributed by atoms with E-state index in [-0.39, 0.29) is 12.1 Å². The number of ether oxygens (including phenoxy) is 1. The van der Waals surface area contributed by atoms with Crippen LogP contribution < -0.4 is 15.4 Å². The van der Waals surface area contributed by atoms with E-state index in [0.29, 0.717) is 13.2 Å². The molecule has 4 nitrogen and oxygen atoms in total. The van der Waals surface area contributed by atoms with E-state index in [2.05, 4.69) is 22.8 Å². The highest BCUT2D eigenvalue weighted by Gasteiger charge is 2.21. The summed E-state index contributed by atoms with van der Waals surface area (Å²) in [7, 11) is 0. The van der Waals surface area contributed by atoms with Crippen LogP contribution in [-0.2, 0) is 0 Å². The number of nitrogens with one attached hydrogen (secondary N) is 2. The first-order chi connectivity index (χ1) is 11.7. The van der Waals surface area contributed by atoms with Gasteiger partial charge in [-0.2, -0.15) is 0 Å². The molecule has 0 bridgehead atoms. The van der Waals surface area contributed by atoms with E-state index in [9.17, 15) is 4.79 Å². The third-order valence-electron chi connectivity index (χ3n) is 3.91. The molecule has 0 aliphatic carbocycles. The number of amides is 2. The number of carbonyl (C=O) groups is 1. The molecule has 0 radical (unpaired) electrons. The second kappa shape index (κ2) is 8.11. The maximum atomic E-state index is 12.1. The predicted octanol–water partition coefficient (Wildman–Crippen LogP) is 3.91. The summed E-state index contributed by atoms with van der Waals surface area (Å²) in [6, 6.07) is 16.1. The number of urea groups is 1. The number of fused-ring (bicyclic) bond motifs is 1. The molecule has 0 spiro atoms. The van der Waals surface area contributed by atoms with Crippen molar-refractivity contribution in [2.75, 3.05) is 18.9 Å². The number of rotatable bonds is 5. The Balaban J connectivity index is 1.43. The van der Waals surface area contributed by atoms with Crippen molar-refractivity contribution in [3.63, 3.8) is 0 Å². The molecule has 2 amide bonds. The fourth-order valence-corrected chi connectivity index (χ4v) is 3.87. The van der Waals surface area contributed by atoms with E-state index in [1.807, 2.05) is 55.1 Å². The van der Waals surface area contributed by atoms with Crippen molar-refractivity contribution in [3.8, 4) is 5.75 Å². The van der Waals surface area contributed by atoms with Gasteiger partial charge >= 0.3 is 6.03 Å². The predicted molar refractivity (Wildman–Crippen MR) is 97.7 cm³/mol. The van der Waals surface area contributed by atoms with Gasteiger partial charge < -0.3 is 15.4 Å². The van der Waals surface area contributed by atoms with Gasteiger partial charge in [-0.05, 0) is 42.7 Å². The fourth-order valence-electron chi connectivity index (χ4n) is 2.74. The Hall–Kier alpha value is -2.14. The van der Waals surface area contributed by atoms with Crippen LogP contribution in [0.5, 0.6) is 5.75 Å². The number of benzene rings is 2. The van der Waals surface area contributed by atoms with E-state index in [1.54, 1.807) is 0 Å². The lowest BCUT2D eigenvalue weighted by atomic mass is 10.0. The minimum Gasteiger partial charge on any atom is -0.492 e. The van der Waals surface area contributed by atoms with Gasteiger partial charge in [-0.3, -0.25) is 0 Å². The van der Waals surface area contributed by atoms with Crippen molar-refractivity contribution in [2.24, 2.45) is 0 Å². The van der Waals surface area contributed by atoms with E-state index in [0.717, 1.165) is 23.5 Å². The second-order valence-electron chi connectivity index (χ2n) is 5.79. The summed E-state index contributed by atoms with van der Waals surface area (Å²) in [5, 5.41) is 5.93. The van der Waals surface area contributed by atoms with E-state index < -0.39 is 0 Å². The first kappa shape index (κ1) is 16.7. The highest BCUT2D eigenvalue weighted by atomic mass is 32.2. The number of aryl methyl sites for hydroxylation is 1. The summed E-state index contributed by atoms with van der Waals surface area (Å²) < 4.78 is 5.64. The summed E-state index contributed by atoms with van der Waals surface area (Å²) in [6.45, 7) is 2.95. The lowest BCUT2D eigenvalue weighted by molar-refractivity contribution is 0.232. The van der Waals surface area contributed by atoms with Crippen LogP contribution in [0.1, 0.15) is 23.6 Å². The monoisotopic (exact) mass is 342 g/mol. The highest BCUT2D eigenvalue weighted by Crippen LogP contribution is 2.35. The number of hydrogen-bond acceptors (Lipinski definition) is 3. The van der Waals surface area contributed by atoms with Crippen LogP contribution in [0.4, 0.5) is 4.79 Å². The number of thioether (sulfide) groups is 1. The van der Waals surface area contributed by atoms with Crippen molar-refractivity contribution >= 4 is 17.8 Å². The summed E-state index contributed by atoms with van der Waals surface area (Å²) >= 11 is 1.85. The van der Waals surface area contributed by atoms with Crippen molar-refractivity contribution in [2.45, 2.75) is 24.3 Å². The van der Waals surface area contributed by atoms with Gasteiger partial charge in [0.2, 0.25) is 0 Å². The first-order valence-electron chi connectivity index (χ1n) is 8.18. The zero-order chi connectivity index (χ0) is 16.8. The maximum Gasteiger partial charge on any atom is 0.315 e. The molecule has 0 saturated carbocycles. The molecule has 24 heavy (non-hydrogen) atoms. The molecule has 5 heteroatoms. The molecule has 1 heterocycles. The largest absolute Gasteiger partial charge is 0.492 e. The van der Waals surface area contributed by atoms with Gasteiger partial charge in [-0.15, -0.1) is 11.8 Å². The van der Waals surface area contributed by atoms with E-state index >= 15 is 0 Å². The molecule has 3 rings (SSSR count). The minimum atomic E-state index is -0.144. The molecule has 126 valence electrons. The normalized spacial score (nSPS) is 16.1. The van der Waals surface area contributed by atoms with Gasteiger partial charge in [0.15, 0.2) is 0 Å². The SMILES string of the molecule is Cc1cccc(OCCNC(=O)N[C@H]2CCSc3ccccc32)c1. The summed E-state index contributed by atoms with van der Waals surface area (Å²) in [4.78, 5) is 13.4. The third kappa shape index (κ3) is 4.45. The van der Waals surface area contributed by atoms with Gasteiger partial charge in [0.05, 0.1) is 12.6 Å². The molecular formula is C19H22N2O2S. The third-order valence-corrected chi connectivity index (χ3v) is 5.03. The van der Waals surface area contributed by atoms with Crippen molar-refractivity contribution in [1.29, 1.82) is 0 Å². The van der Waals surface area contributed by atoms with Crippen LogP contribution in [-0.4, -0.2) is 24.9 Å². The average molecular weight is 342 g/mol. The van der Waals surface area contributed by atoms with E-state index in [1.165, 1.54) is 10.5 Å². The summed E-state index contributed by atoms with van der Waals surface area (Å²) in [5.74, 6) is 1.86. The molecule has 1 aliphatic rings. The van der Waals surface area contributed by atoms with Crippen molar-refractivity contribution in [1.82, 2.24) is 10.6 Å². The first-order valence-corrected chi connectivity index (χ1v) is 9.16. The van der Waals surface area contributed by atoms with Crippen molar-refractivity contribution in [3.05, 3.63) is 59.7 Å². The Labute approximate surface area is 147 Å². The molecule has 2 N–H and O–H groups in total. The Morgan fingerprint density at radius 1 is 1.25 bits per heavy atom. The lowest BCUT2D eigenvalue weighted by Gasteiger charge is -2.25. The highest BCUT2D eigenvalue weighted by molar-refractivity contribution is 7.99.